The lowest BCUT2D eigenvalue weighted by atomic mass is 10.2. The van der Waals surface area contributed by atoms with Crippen molar-refractivity contribution in [2.24, 2.45) is 0 Å². The molecule has 5 heteroatoms. The van der Waals surface area contributed by atoms with Crippen LogP contribution >= 0.6 is 0 Å². The zero-order chi connectivity index (χ0) is 10.8. The van der Waals surface area contributed by atoms with Gasteiger partial charge in [0.15, 0.2) is 0 Å². The van der Waals surface area contributed by atoms with Crippen molar-refractivity contribution < 1.29 is 9.90 Å². The second-order valence-corrected chi connectivity index (χ2v) is 3.34. The highest BCUT2D eigenvalue weighted by molar-refractivity contribution is 5.92. The summed E-state index contributed by atoms with van der Waals surface area (Å²) < 4.78 is 0. The summed E-state index contributed by atoms with van der Waals surface area (Å²) in [6.07, 6.45) is 1.67. The first-order valence-electron chi connectivity index (χ1n) is 4.60. The number of rotatable bonds is 3. The average Bonchev–Trinajstić information content (AvgIpc) is 2.66. The van der Waals surface area contributed by atoms with E-state index in [1.54, 1.807) is 13.1 Å². The highest BCUT2D eigenvalue weighted by Crippen LogP contribution is 2.21. The van der Waals surface area contributed by atoms with Gasteiger partial charge in [-0.2, -0.15) is 5.10 Å². The number of carboxylic acids is 1. The molecule has 0 aliphatic carbocycles. The maximum atomic E-state index is 10.7. The minimum absolute atomic E-state index is 0.620. The number of aromatic nitrogens is 2. The molecule has 78 valence electrons. The van der Waals surface area contributed by atoms with Gasteiger partial charge in [-0.15, -0.1) is 0 Å². The lowest BCUT2D eigenvalue weighted by molar-refractivity contribution is -0.137. The van der Waals surface area contributed by atoms with E-state index in [-0.39, 0.29) is 0 Å². The van der Waals surface area contributed by atoms with Crippen molar-refractivity contribution in [3.8, 4) is 0 Å². The van der Waals surface area contributed by atoms with Crippen LogP contribution in [0.1, 0.15) is 6.92 Å². The number of nitrogens with one attached hydrogen (secondary N) is 2. The van der Waals surface area contributed by atoms with Crippen LogP contribution in [0.5, 0.6) is 0 Å². The van der Waals surface area contributed by atoms with Crippen molar-refractivity contribution >= 4 is 22.6 Å². The summed E-state index contributed by atoms with van der Waals surface area (Å²) in [5.74, 6) is -0.879. The Morgan fingerprint density at radius 3 is 3.13 bits per heavy atom. The molecule has 5 nitrogen and oxygen atoms in total. The molecule has 0 amide bonds. The largest absolute Gasteiger partial charge is 0.480 e. The number of aromatic amines is 1. The summed E-state index contributed by atoms with van der Waals surface area (Å²) in [5.41, 5.74) is 1.66. The van der Waals surface area contributed by atoms with Crippen LogP contribution in [-0.4, -0.2) is 27.3 Å². The molecule has 0 bridgehead atoms. The van der Waals surface area contributed by atoms with Crippen molar-refractivity contribution in [1.29, 1.82) is 0 Å². The van der Waals surface area contributed by atoms with Crippen LogP contribution < -0.4 is 5.32 Å². The molecule has 2 rings (SSSR count). The molecular weight excluding hydrogens is 194 g/mol. The van der Waals surface area contributed by atoms with Crippen LogP contribution in [0, 0.1) is 0 Å². The van der Waals surface area contributed by atoms with Gasteiger partial charge in [0.2, 0.25) is 0 Å². The standard InChI is InChI=1S/C10H11N3O2/c1-6(10(14)15)12-8-3-2-4-9-7(8)5-11-13-9/h2-6,12H,1H3,(H,11,13)(H,14,15). The van der Waals surface area contributed by atoms with Crippen LogP contribution in [0.2, 0.25) is 0 Å². The van der Waals surface area contributed by atoms with Gasteiger partial charge in [-0.3, -0.25) is 9.89 Å². The van der Waals surface area contributed by atoms with Gasteiger partial charge >= 0.3 is 5.97 Å². The van der Waals surface area contributed by atoms with Crippen molar-refractivity contribution in [2.45, 2.75) is 13.0 Å². The van der Waals surface area contributed by atoms with Crippen LogP contribution in [-0.2, 0) is 4.79 Å². The molecule has 1 aromatic carbocycles. The number of hydrogen-bond acceptors (Lipinski definition) is 3. The van der Waals surface area contributed by atoms with Crippen molar-refractivity contribution in [1.82, 2.24) is 10.2 Å². The van der Waals surface area contributed by atoms with Crippen LogP contribution in [0.25, 0.3) is 10.9 Å². The molecule has 0 fully saturated rings. The number of anilines is 1. The van der Waals surface area contributed by atoms with Gasteiger partial charge < -0.3 is 10.4 Å². The molecule has 0 spiro atoms. The Morgan fingerprint density at radius 1 is 1.60 bits per heavy atom. The third-order valence-corrected chi connectivity index (χ3v) is 2.23. The monoisotopic (exact) mass is 205 g/mol. The number of carbonyl (C=O) groups is 1. The fraction of sp³-hybridized carbons (Fsp3) is 0.200. The quantitative estimate of drug-likeness (QED) is 0.708. The molecule has 3 N–H and O–H groups in total. The van der Waals surface area contributed by atoms with E-state index < -0.39 is 12.0 Å². The Balaban J connectivity index is 2.35. The van der Waals surface area contributed by atoms with Crippen LogP contribution in [0.15, 0.2) is 24.4 Å². The molecule has 0 saturated carbocycles. The maximum absolute atomic E-state index is 10.7. The average molecular weight is 205 g/mol. The number of aliphatic carboxylic acids is 1. The Labute approximate surface area is 86.1 Å². The number of benzene rings is 1. The number of fused-ring (bicyclic) bond motifs is 1. The fourth-order valence-corrected chi connectivity index (χ4v) is 1.39. The van der Waals surface area contributed by atoms with E-state index in [1.165, 1.54) is 0 Å². The molecule has 1 atom stereocenters. The summed E-state index contributed by atoms with van der Waals surface area (Å²) in [5, 5.41) is 19.3. The van der Waals surface area contributed by atoms with Gasteiger partial charge in [0.1, 0.15) is 6.04 Å². The van der Waals surface area contributed by atoms with E-state index in [9.17, 15) is 4.79 Å². The van der Waals surface area contributed by atoms with E-state index in [0.29, 0.717) is 0 Å². The summed E-state index contributed by atoms with van der Waals surface area (Å²) in [6.45, 7) is 1.60. The predicted molar refractivity (Wildman–Crippen MR) is 56.8 cm³/mol. The Morgan fingerprint density at radius 2 is 2.40 bits per heavy atom. The van der Waals surface area contributed by atoms with Gasteiger partial charge in [-0.1, -0.05) is 6.07 Å². The Bertz CT molecular complexity index is 492. The van der Waals surface area contributed by atoms with E-state index in [2.05, 4.69) is 15.5 Å². The predicted octanol–water partition coefficient (Wildman–Crippen LogP) is 1.45. The number of H-pyrrole nitrogens is 1. The smallest absolute Gasteiger partial charge is 0.325 e. The molecule has 0 radical (unpaired) electrons. The molecule has 1 unspecified atom stereocenters. The second kappa shape index (κ2) is 3.61. The summed E-state index contributed by atoms with van der Waals surface area (Å²) in [7, 11) is 0. The normalized spacial score (nSPS) is 12.6. The van der Waals surface area contributed by atoms with Gasteiger partial charge in [-0.25, -0.2) is 0 Å². The first-order chi connectivity index (χ1) is 7.18. The molecule has 0 aliphatic rings. The lowest BCUT2D eigenvalue weighted by Gasteiger charge is -2.11. The zero-order valence-electron chi connectivity index (χ0n) is 8.19. The zero-order valence-corrected chi connectivity index (χ0v) is 8.19. The van der Waals surface area contributed by atoms with Crippen LogP contribution in [0.3, 0.4) is 0 Å². The lowest BCUT2D eigenvalue weighted by Crippen LogP contribution is -2.25. The molecule has 0 aliphatic heterocycles. The second-order valence-electron chi connectivity index (χ2n) is 3.34. The van der Waals surface area contributed by atoms with Crippen molar-refractivity contribution in [3.05, 3.63) is 24.4 Å². The minimum atomic E-state index is -0.879. The van der Waals surface area contributed by atoms with E-state index in [4.69, 9.17) is 5.11 Å². The summed E-state index contributed by atoms with van der Waals surface area (Å²) >= 11 is 0. The first-order valence-corrected chi connectivity index (χ1v) is 4.60. The maximum Gasteiger partial charge on any atom is 0.325 e. The van der Waals surface area contributed by atoms with Crippen molar-refractivity contribution in [2.75, 3.05) is 5.32 Å². The highest BCUT2D eigenvalue weighted by atomic mass is 16.4. The van der Waals surface area contributed by atoms with Gasteiger partial charge in [0, 0.05) is 11.1 Å². The van der Waals surface area contributed by atoms with Gasteiger partial charge in [0.05, 0.1) is 11.7 Å². The van der Waals surface area contributed by atoms with E-state index >= 15 is 0 Å². The molecular formula is C10H11N3O2. The van der Waals surface area contributed by atoms with E-state index in [1.807, 2.05) is 18.2 Å². The SMILES string of the molecule is CC(Nc1cccc2[nH]ncc12)C(=O)O. The molecule has 1 aromatic heterocycles. The number of hydrogen-bond donors (Lipinski definition) is 3. The number of carboxylic acid groups (broad SMARTS) is 1. The van der Waals surface area contributed by atoms with E-state index in [0.717, 1.165) is 16.6 Å². The number of nitrogens with zero attached hydrogens (tertiary/aromatic N) is 1. The topological polar surface area (TPSA) is 78.0 Å². The first kappa shape index (κ1) is 9.51. The van der Waals surface area contributed by atoms with Gasteiger partial charge in [-0.05, 0) is 19.1 Å². The minimum Gasteiger partial charge on any atom is -0.480 e. The molecule has 0 saturated heterocycles. The Hall–Kier alpha value is -2.04. The summed E-state index contributed by atoms with van der Waals surface area (Å²) in [4.78, 5) is 10.7. The molecule has 1 heterocycles. The highest BCUT2D eigenvalue weighted by Gasteiger charge is 2.11. The molecule has 15 heavy (non-hydrogen) atoms. The van der Waals surface area contributed by atoms with Crippen molar-refractivity contribution in [3.63, 3.8) is 0 Å². The third-order valence-electron chi connectivity index (χ3n) is 2.23. The van der Waals surface area contributed by atoms with Gasteiger partial charge in [0.25, 0.3) is 0 Å². The van der Waals surface area contributed by atoms with Crippen LogP contribution in [0.4, 0.5) is 5.69 Å². The Kier molecular flexibility index (Phi) is 2.29. The summed E-state index contributed by atoms with van der Waals surface area (Å²) in [6, 6.07) is 4.94. The third kappa shape index (κ3) is 1.76. The molecule has 2 aromatic rings. The fourth-order valence-electron chi connectivity index (χ4n) is 1.39.